The maximum absolute atomic E-state index is 13.9. The van der Waals surface area contributed by atoms with E-state index in [1.54, 1.807) is 0 Å². The van der Waals surface area contributed by atoms with E-state index in [1.807, 2.05) is 79.2 Å². The van der Waals surface area contributed by atoms with E-state index in [9.17, 15) is 14.4 Å². The Morgan fingerprint density at radius 2 is 1.51 bits per heavy atom. The third-order valence-electron chi connectivity index (χ3n) is 11.1. The fourth-order valence-corrected chi connectivity index (χ4v) is 7.41. The molecule has 0 unspecified atom stereocenters. The van der Waals surface area contributed by atoms with Crippen LogP contribution in [0.1, 0.15) is 102 Å². The minimum absolute atomic E-state index is 0. The van der Waals surface area contributed by atoms with Crippen LogP contribution in [0.2, 0.25) is 0 Å². The molecule has 0 bridgehead atoms. The molecule has 308 valence electrons. The molecule has 57 heavy (non-hydrogen) atoms. The van der Waals surface area contributed by atoms with Gasteiger partial charge in [0, 0.05) is 30.1 Å². The first-order valence-electron chi connectivity index (χ1n) is 18.8. The highest BCUT2D eigenvalue weighted by Gasteiger charge is 2.41. The molecule has 3 fully saturated rings. The van der Waals surface area contributed by atoms with Gasteiger partial charge in [-0.2, -0.15) is 54.0 Å². The molecule has 1 saturated carbocycles. The number of hydrogen-bond donors (Lipinski definition) is 3. The number of aromatic amines is 2. The van der Waals surface area contributed by atoms with Gasteiger partial charge in [-0.1, -0.05) is 64.2 Å². The molecule has 0 radical (unpaired) electrons. The number of likely N-dealkylation sites (tertiary alicyclic amines) is 2. The van der Waals surface area contributed by atoms with Crippen molar-refractivity contribution in [3.8, 4) is 23.1 Å². The first-order valence-corrected chi connectivity index (χ1v) is 18.8. The first-order chi connectivity index (χ1) is 25.5. The summed E-state index contributed by atoms with van der Waals surface area (Å²) in [5, 5.41) is 2.74. The van der Waals surface area contributed by atoms with Gasteiger partial charge in [0.25, 0.3) is 0 Å². The van der Waals surface area contributed by atoms with Crippen molar-refractivity contribution >= 4 is 82.9 Å². The van der Waals surface area contributed by atoms with E-state index in [1.165, 1.54) is 18.3 Å². The van der Waals surface area contributed by atoms with Crippen LogP contribution < -0.4 is 5.32 Å². The van der Waals surface area contributed by atoms with Gasteiger partial charge in [0.05, 0.1) is 42.1 Å². The monoisotopic (exact) mass is 851 g/mol. The fourth-order valence-electron chi connectivity index (χ4n) is 7.41. The zero-order chi connectivity index (χ0) is 37.4. The van der Waals surface area contributed by atoms with Gasteiger partial charge in [-0.05, 0) is 85.4 Å². The summed E-state index contributed by atoms with van der Waals surface area (Å²) in [6, 6.07) is 13.0. The standard InChI is InChI=1S/C42H49N7O4.4H2S/c1-24(2)26(5)40(50)48-19-7-8-35(48)38-43-22-34(46-38)30-14-11-27(12-15-30)9-10-28-13-18-32-33(20-28)45-39(44-32)36-21-31(29-16-17-29)23-49(36)41(51)37(25(3)4)47-42(52)53-6;;;;/h11-15,18,20,22,24-26,35-37H,7-8,16-17,19,21,23H2,1-6H3,(H,43,46)(H,44,45)(H,47,52);4*1H2/t26-,35-,36-,37-;;;;/m0..../s1. The van der Waals surface area contributed by atoms with Crippen LogP contribution in [0.25, 0.3) is 22.3 Å². The zero-order valence-corrected chi connectivity index (χ0v) is 37.5. The van der Waals surface area contributed by atoms with E-state index in [4.69, 9.17) is 9.72 Å². The van der Waals surface area contributed by atoms with E-state index in [2.05, 4.69) is 46.0 Å². The smallest absolute Gasteiger partial charge is 0.407 e. The van der Waals surface area contributed by atoms with Gasteiger partial charge in [-0.3, -0.25) is 9.59 Å². The topological polar surface area (TPSA) is 136 Å². The zero-order valence-electron chi connectivity index (χ0n) is 33.5. The Labute approximate surface area is 363 Å². The molecule has 3 amide bonds. The van der Waals surface area contributed by atoms with Crippen LogP contribution in [0, 0.1) is 29.6 Å². The lowest BCUT2D eigenvalue weighted by molar-refractivity contribution is -0.137. The van der Waals surface area contributed by atoms with E-state index in [-0.39, 0.29) is 89.7 Å². The first kappa shape index (κ1) is 47.4. The second kappa shape index (κ2) is 20.1. The van der Waals surface area contributed by atoms with Gasteiger partial charge in [0.2, 0.25) is 11.8 Å². The number of hydrogen-bond acceptors (Lipinski definition) is 6. The minimum atomic E-state index is -0.705. The highest BCUT2D eigenvalue weighted by atomic mass is 32.1. The van der Waals surface area contributed by atoms with Crippen molar-refractivity contribution in [1.29, 1.82) is 0 Å². The van der Waals surface area contributed by atoms with Gasteiger partial charge >= 0.3 is 6.09 Å². The lowest BCUT2D eigenvalue weighted by Crippen LogP contribution is -2.51. The summed E-state index contributed by atoms with van der Waals surface area (Å²) in [5.41, 5.74) is 8.02. The molecule has 0 spiro atoms. The number of nitrogens with zero attached hydrogens (tertiary/aromatic N) is 4. The molecule has 2 aromatic heterocycles. The van der Waals surface area contributed by atoms with Crippen molar-refractivity contribution in [3.63, 3.8) is 0 Å². The Morgan fingerprint density at radius 1 is 0.825 bits per heavy atom. The number of nitrogens with one attached hydrogen (secondary N) is 3. The van der Waals surface area contributed by atoms with Crippen LogP contribution in [0.15, 0.2) is 59.8 Å². The number of aromatic nitrogens is 4. The molecule has 4 atom stereocenters. The van der Waals surface area contributed by atoms with E-state index in [0.29, 0.717) is 12.5 Å². The predicted octanol–water partition coefficient (Wildman–Crippen LogP) is 7.50. The van der Waals surface area contributed by atoms with E-state index in [0.717, 1.165) is 83.7 Å². The fraction of sp³-hybridized carbons (Fsp3) is 0.452. The molecular weight excluding hydrogens is 795 g/mol. The highest BCUT2D eigenvalue weighted by Crippen LogP contribution is 2.43. The van der Waals surface area contributed by atoms with Crippen LogP contribution >= 0.6 is 54.0 Å². The lowest BCUT2D eigenvalue weighted by atomic mass is 9.96. The van der Waals surface area contributed by atoms with E-state index < -0.39 is 12.1 Å². The Balaban J connectivity index is 0.00000218. The van der Waals surface area contributed by atoms with Crippen molar-refractivity contribution in [2.24, 2.45) is 17.8 Å². The average Bonchev–Trinajstić information content (AvgIpc) is 3.55. The van der Waals surface area contributed by atoms with Crippen molar-refractivity contribution in [3.05, 3.63) is 82.6 Å². The number of amides is 3. The summed E-state index contributed by atoms with van der Waals surface area (Å²) in [7, 11) is 1.30. The number of allylic oxidation sites excluding steroid dienone is 1. The largest absolute Gasteiger partial charge is 0.453 e. The molecule has 11 nitrogen and oxygen atoms in total. The molecule has 7 rings (SSSR count). The highest BCUT2D eigenvalue weighted by molar-refractivity contribution is 7.59. The molecular formula is C42H57N7O4S4. The van der Waals surface area contributed by atoms with Crippen molar-refractivity contribution < 1.29 is 19.1 Å². The number of carbonyl (C=O) groups is 3. The Bertz CT molecular complexity index is 2130. The van der Waals surface area contributed by atoms with E-state index >= 15 is 0 Å². The number of H-pyrrole nitrogens is 2. The van der Waals surface area contributed by atoms with Crippen molar-refractivity contribution in [1.82, 2.24) is 35.1 Å². The summed E-state index contributed by atoms with van der Waals surface area (Å²) in [5.74, 6) is 8.38. The quantitative estimate of drug-likeness (QED) is 0.124. The molecule has 3 aliphatic rings. The molecule has 1 aliphatic carbocycles. The van der Waals surface area contributed by atoms with Crippen LogP contribution in [-0.4, -0.2) is 73.9 Å². The van der Waals surface area contributed by atoms with Gasteiger partial charge < -0.3 is 29.8 Å². The Hall–Kier alpha value is -3.97. The number of benzene rings is 2. The molecule has 3 N–H and O–H groups in total. The number of methoxy groups -OCH3 is 1. The number of ether oxygens (including phenoxy) is 1. The molecule has 4 aromatic rings. The van der Waals surface area contributed by atoms with Gasteiger partial charge in [-0.25, -0.2) is 14.8 Å². The summed E-state index contributed by atoms with van der Waals surface area (Å²) in [4.78, 5) is 59.6. The lowest BCUT2D eigenvalue weighted by Gasteiger charge is -2.29. The number of fused-ring (bicyclic) bond motifs is 1. The van der Waals surface area contributed by atoms with Crippen molar-refractivity contribution in [2.45, 2.75) is 84.8 Å². The molecule has 2 aliphatic heterocycles. The number of rotatable bonds is 8. The third kappa shape index (κ3) is 10.4. The van der Waals surface area contributed by atoms with Crippen molar-refractivity contribution in [2.75, 3.05) is 20.2 Å². The normalized spacial score (nSPS) is 18.1. The molecule has 2 aromatic carbocycles. The van der Waals surface area contributed by atoms with Crippen LogP contribution in [0.3, 0.4) is 0 Å². The van der Waals surface area contributed by atoms with Crippen LogP contribution in [-0.2, 0) is 14.3 Å². The number of alkyl carbamates (subject to hydrolysis) is 1. The SMILES string of the molecule is COC(=O)N[C@H](C(=O)N1CC(=C2CC2)C[C@H]1c1nc2ccc(C#Cc3ccc(-c4cnc([C@@H]5CCCN5C(=O)[C@@H](C)C(C)C)[nH]4)cc3)cc2[nH]1)C(C)C.S.S.S.S. The Kier molecular flexibility index (Phi) is 16.7. The Morgan fingerprint density at radius 3 is 2.16 bits per heavy atom. The predicted molar refractivity (Wildman–Crippen MR) is 245 cm³/mol. The second-order valence-electron chi connectivity index (χ2n) is 15.3. The number of imidazole rings is 2. The molecule has 15 heteroatoms. The van der Waals surface area contributed by atoms with Gasteiger partial charge in [-0.15, -0.1) is 0 Å². The summed E-state index contributed by atoms with van der Waals surface area (Å²) < 4.78 is 4.81. The minimum Gasteiger partial charge on any atom is -0.453 e. The van der Waals surface area contributed by atoms with Crippen LogP contribution in [0.4, 0.5) is 4.79 Å². The summed E-state index contributed by atoms with van der Waals surface area (Å²) in [6.07, 6.45) is 6.00. The molecule has 2 saturated heterocycles. The maximum Gasteiger partial charge on any atom is 0.407 e. The number of carbonyl (C=O) groups excluding carboxylic acids is 3. The summed E-state index contributed by atoms with van der Waals surface area (Å²) >= 11 is 0. The third-order valence-corrected chi connectivity index (χ3v) is 11.1. The van der Waals surface area contributed by atoms with Crippen LogP contribution in [0.5, 0.6) is 0 Å². The summed E-state index contributed by atoms with van der Waals surface area (Å²) in [6.45, 7) is 11.3. The van der Waals surface area contributed by atoms with Gasteiger partial charge in [0.15, 0.2) is 0 Å². The maximum atomic E-state index is 13.9. The van der Waals surface area contributed by atoms with Gasteiger partial charge in [0.1, 0.15) is 17.7 Å². The average molecular weight is 852 g/mol. The second-order valence-corrected chi connectivity index (χ2v) is 15.3. The molecule has 4 heterocycles.